The Morgan fingerprint density at radius 3 is 2.49 bits per heavy atom. The van der Waals surface area contributed by atoms with Crippen molar-refractivity contribution in [1.29, 1.82) is 0 Å². The summed E-state index contributed by atoms with van der Waals surface area (Å²) >= 11 is 0. The van der Waals surface area contributed by atoms with Gasteiger partial charge in [-0.25, -0.2) is 9.48 Å². The van der Waals surface area contributed by atoms with Crippen LogP contribution in [0.4, 0.5) is 0 Å². The molecule has 1 aliphatic carbocycles. The van der Waals surface area contributed by atoms with Gasteiger partial charge in [-0.2, -0.15) is 5.21 Å². The van der Waals surface area contributed by atoms with Crippen LogP contribution in [0.3, 0.4) is 0 Å². The first-order valence-corrected chi connectivity index (χ1v) is 13.9. The Bertz CT molecular complexity index is 1530. The van der Waals surface area contributed by atoms with Crippen LogP contribution in [0.25, 0.3) is 22.5 Å². The van der Waals surface area contributed by atoms with Crippen molar-refractivity contribution in [1.82, 2.24) is 30.0 Å². The van der Waals surface area contributed by atoms with Crippen LogP contribution in [0, 0.1) is 0 Å². The summed E-state index contributed by atoms with van der Waals surface area (Å²) in [6, 6.07) is 16.6. The Labute approximate surface area is 227 Å². The second-order valence-corrected chi connectivity index (χ2v) is 10.8. The average Bonchev–Trinajstić information content (AvgIpc) is 3.62. The number of tetrazole rings is 1. The number of methoxy groups -OCH3 is 1. The van der Waals surface area contributed by atoms with Gasteiger partial charge in [0.15, 0.2) is 5.54 Å². The molecule has 4 aromatic rings. The fourth-order valence-electron chi connectivity index (χ4n) is 6.61. The molecule has 4 heterocycles. The number of fused-ring (bicyclic) bond motifs is 2. The maximum absolute atomic E-state index is 14.1. The molecule has 39 heavy (non-hydrogen) atoms. The summed E-state index contributed by atoms with van der Waals surface area (Å²) in [4.78, 5) is 27.1. The van der Waals surface area contributed by atoms with Gasteiger partial charge in [-0.15, -0.1) is 10.2 Å². The monoisotopic (exact) mass is 526 g/mol. The molecule has 2 aromatic carbocycles. The Morgan fingerprint density at radius 2 is 1.82 bits per heavy atom. The highest BCUT2D eigenvalue weighted by atomic mass is 16.5. The van der Waals surface area contributed by atoms with Gasteiger partial charge < -0.3 is 4.74 Å². The molecule has 2 aliphatic heterocycles. The van der Waals surface area contributed by atoms with Gasteiger partial charge in [0.2, 0.25) is 5.82 Å². The molecule has 0 amide bonds. The van der Waals surface area contributed by atoms with Crippen LogP contribution in [-0.4, -0.2) is 43.1 Å². The maximum Gasteiger partial charge on any atom is 0.333 e. The Hall–Kier alpha value is -4.01. The zero-order chi connectivity index (χ0) is 27.0. The largest absolute Gasteiger partial charge is 0.467 e. The van der Waals surface area contributed by atoms with Crippen LogP contribution in [0.15, 0.2) is 53.3 Å². The quantitative estimate of drug-likeness (QED) is 0.248. The number of H-pyrrole nitrogens is 1. The number of nitrogens with zero attached hydrogens (tertiary/aromatic N) is 5. The van der Waals surface area contributed by atoms with E-state index in [0.29, 0.717) is 25.1 Å². The lowest BCUT2D eigenvalue weighted by Crippen LogP contribution is -2.57. The molecule has 0 saturated heterocycles. The van der Waals surface area contributed by atoms with E-state index in [4.69, 9.17) is 4.74 Å². The van der Waals surface area contributed by atoms with Crippen molar-refractivity contribution in [3.8, 4) is 22.5 Å². The first-order chi connectivity index (χ1) is 19.1. The first-order valence-electron chi connectivity index (χ1n) is 13.9. The van der Waals surface area contributed by atoms with Gasteiger partial charge in [-0.1, -0.05) is 68.3 Å². The number of rotatable bonds is 9. The minimum absolute atomic E-state index is 0.0390. The van der Waals surface area contributed by atoms with Crippen molar-refractivity contribution >= 4 is 5.97 Å². The Balaban J connectivity index is 1.38. The molecule has 1 fully saturated rings. The van der Waals surface area contributed by atoms with E-state index in [1.165, 1.54) is 7.11 Å². The number of esters is 1. The van der Waals surface area contributed by atoms with Crippen LogP contribution in [0.1, 0.15) is 74.7 Å². The number of carbonyl (C=O) groups excluding carboxylic acids is 1. The molecule has 2 aromatic heterocycles. The van der Waals surface area contributed by atoms with Gasteiger partial charge in [0.25, 0.3) is 5.56 Å². The number of aromatic nitrogens is 6. The molecular weight excluding hydrogens is 492 g/mol. The van der Waals surface area contributed by atoms with E-state index in [0.717, 1.165) is 72.0 Å². The molecule has 0 atom stereocenters. The normalized spacial score (nSPS) is 19.7. The minimum atomic E-state index is -0.888. The lowest BCUT2D eigenvalue weighted by molar-refractivity contribution is -0.158. The molecule has 1 N–H and O–H groups in total. The van der Waals surface area contributed by atoms with Gasteiger partial charge in [0.1, 0.15) is 0 Å². The second kappa shape index (κ2) is 10.3. The predicted molar refractivity (Wildman–Crippen MR) is 147 cm³/mol. The smallest absolute Gasteiger partial charge is 0.333 e. The van der Waals surface area contributed by atoms with E-state index in [1.807, 2.05) is 24.3 Å². The van der Waals surface area contributed by atoms with E-state index in [2.05, 4.69) is 56.5 Å². The molecule has 1 saturated carbocycles. The van der Waals surface area contributed by atoms with Crippen molar-refractivity contribution < 1.29 is 9.53 Å². The van der Waals surface area contributed by atoms with Gasteiger partial charge in [0, 0.05) is 23.2 Å². The van der Waals surface area contributed by atoms with Crippen LogP contribution in [0.5, 0.6) is 0 Å². The van der Waals surface area contributed by atoms with E-state index in [1.54, 1.807) is 4.68 Å². The summed E-state index contributed by atoms with van der Waals surface area (Å²) in [7, 11) is 1.43. The van der Waals surface area contributed by atoms with E-state index < -0.39 is 5.54 Å². The fraction of sp³-hybridized carbons (Fsp3) is 0.433. The molecule has 9 nitrogen and oxygen atoms in total. The number of nitrogens with one attached hydrogen (secondary N) is 1. The lowest BCUT2D eigenvalue weighted by Gasteiger charge is -2.47. The summed E-state index contributed by atoms with van der Waals surface area (Å²) in [6.45, 7) is 2.19. The SMILES string of the molecule is CCCCCc1c(Cc2ccc(-c3ccccc3-c3nn[nH]n3)cc2)c(=O)n2n1C1CCC2(C(=O)OC)CC1. The topological polar surface area (TPSA) is 108 Å². The number of hydrogen-bond acceptors (Lipinski definition) is 6. The van der Waals surface area contributed by atoms with Crippen LogP contribution >= 0.6 is 0 Å². The summed E-state index contributed by atoms with van der Waals surface area (Å²) in [5.41, 5.74) is 5.00. The van der Waals surface area contributed by atoms with E-state index in [9.17, 15) is 9.59 Å². The Morgan fingerprint density at radius 1 is 1.08 bits per heavy atom. The zero-order valence-electron chi connectivity index (χ0n) is 22.5. The summed E-state index contributed by atoms with van der Waals surface area (Å²) in [6.07, 6.45) is 7.75. The summed E-state index contributed by atoms with van der Waals surface area (Å²) < 4.78 is 9.22. The molecule has 0 radical (unpaired) electrons. The third-order valence-electron chi connectivity index (χ3n) is 8.57. The molecule has 2 bridgehead atoms. The van der Waals surface area contributed by atoms with Crippen LogP contribution in [0.2, 0.25) is 0 Å². The average molecular weight is 527 g/mol. The van der Waals surface area contributed by atoms with Crippen molar-refractivity contribution in [3.63, 3.8) is 0 Å². The van der Waals surface area contributed by atoms with Crippen molar-refractivity contribution in [2.75, 3.05) is 7.11 Å². The molecule has 0 spiro atoms. The minimum Gasteiger partial charge on any atom is -0.467 e. The molecule has 9 heteroatoms. The summed E-state index contributed by atoms with van der Waals surface area (Å²) in [5.74, 6) is 0.255. The number of hydrogen-bond donors (Lipinski definition) is 1. The first kappa shape index (κ1) is 25.3. The number of benzene rings is 2. The Kier molecular flexibility index (Phi) is 6.66. The number of aromatic amines is 1. The highest BCUT2D eigenvalue weighted by Gasteiger charge is 2.53. The van der Waals surface area contributed by atoms with Gasteiger partial charge in [-0.3, -0.25) is 9.48 Å². The van der Waals surface area contributed by atoms with Gasteiger partial charge in [0.05, 0.1) is 13.2 Å². The van der Waals surface area contributed by atoms with Gasteiger partial charge in [-0.05, 0) is 60.4 Å². The van der Waals surface area contributed by atoms with E-state index in [-0.39, 0.29) is 17.6 Å². The van der Waals surface area contributed by atoms with Crippen molar-refractivity contribution in [3.05, 3.63) is 75.7 Å². The molecule has 7 rings (SSSR count). The van der Waals surface area contributed by atoms with E-state index >= 15 is 0 Å². The van der Waals surface area contributed by atoms with Crippen LogP contribution in [-0.2, 0) is 27.9 Å². The predicted octanol–water partition coefficient (Wildman–Crippen LogP) is 4.82. The maximum atomic E-state index is 14.1. The summed E-state index contributed by atoms with van der Waals surface area (Å²) in [5, 5.41) is 14.5. The number of ether oxygens (including phenoxy) is 1. The molecule has 202 valence electrons. The van der Waals surface area contributed by atoms with Crippen molar-refractivity contribution in [2.24, 2.45) is 0 Å². The standard InChI is InChI=1S/C30H34N6O3/c1-3-4-5-10-26-25(28(37)36-30(29(38)39-2)17-15-22(16-18-30)35(26)36)19-20-11-13-21(14-12-20)23-8-6-7-9-24(23)27-31-33-34-32-27/h6-9,11-14,22H,3-5,10,15-19H2,1-2H3,(H,31,32,33,34). The fourth-order valence-corrected chi connectivity index (χ4v) is 6.61. The van der Waals surface area contributed by atoms with Crippen LogP contribution < -0.4 is 5.56 Å². The van der Waals surface area contributed by atoms with Crippen molar-refractivity contribution in [2.45, 2.75) is 76.3 Å². The highest BCUT2D eigenvalue weighted by molar-refractivity contribution is 5.80. The van der Waals surface area contributed by atoms with Gasteiger partial charge >= 0.3 is 5.97 Å². The molecule has 3 aliphatic rings. The third-order valence-corrected chi connectivity index (χ3v) is 8.57. The highest BCUT2D eigenvalue weighted by Crippen LogP contribution is 2.46. The zero-order valence-corrected chi connectivity index (χ0v) is 22.5. The molecular formula is C30H34N6O3. The molecule has 0 unspecified atom stereocenters. The second-order valence-electron chi connectivity index (χ2n) is 10.8. The lowest BCUT2D eigenvalue weighted by atomic mass is 9.77. The third kappa shape index (κ3) is 4.20. The number of carbonyl (C=O) groups is 1. The number of unbranched alkanes of at least 4 members (excludes halogenated alkanes) is 2.